The van der Waals surface area contributed by atoms with Crippen LogP contribution in [0.2, 0.25) is 0 Å². The molecule has 1 aromatic heterocycles. The Morgan fingerprint density at radius 2 is 1.72 bits per heavy atom. The fourth-order valence-corrected chi connectivity index (χ4v) is 2.96. The van der Waals surface area contributed by atoms with E-state index in [0.717, 1.165) is 16.3 Å². The first-order valence-corrected chi connectivity index (χ1v) is 8.82. The van der Waals surface area contributed by atoms with Crippen molar-refractivity contribution in [1.29, 1.82) is 0 Å². The summed E-state index contributed by atoms with van der Waals surface area (Å²) in [7, 11) is 0. The molecule has 0 aliphatic heterocycles. The van der Waals surface area contributed by atoms with Gasteiger partial charge in [0.25, 0.3) is 5.91 Å². The van der Waals surface area contributed by atoms with Crippen LogP contribution < -0.4 is 5.43 Å². The van der Waals surface area contributed by atoms with E-state index in [1.165, 1.54) is 12.3 Å². The number of hydrogen-bond acceptors (Lipinski definition) is 4. The summed E-state index contributed by atoms with van der Waals surface area (Å²) in [5, 5.41) is 22.1. The van der Waals surface area contributed by atoms with Gasteiger partial charge in [0, 0.05) is 11.1 Å². The molecule has 0 saturated heterocycles. The number of fused-ring (bicyclic) bond motifs is 1. The molecule has 4 rings (SSSR count). The summed E-state index contributed by atoms with van der Waals surface area (Å²) in [5.74, 6) is -1.54. The molecule has 0 aliphatic rings. The number of carboxylic acids is 1. The SMILES string of the molecule is O=C(N/N=C\c1ccccc1C(=O)O)c1cc(-c2ccc3ccccc3c2)n[nH]1. The number of nitrogens with zero attached hydrogens (tertiary/aromatic N) is 2. The third-order valence-electron chi connectivity index (χ3n) is 4.43. The largest absolute Gasteiger partial charge is 0.478 e. The van der Waals surface area contributed by atoms with Crippen LogP contribution in [0.15, 0.2) is 77.9 Å². The molecule has 29 heavy (non-hydrogen) atoms. The number of carbonyl (C=O) groups excluding carboxylic acids is 1. The van der Waals surface area contributed by atoms with Gasteiger partial charge in [-0.25, -0.2) is 10.2 Å². The lowest BCUT2D eigenvalue weighted by molar-refractivity contribution is 0.0696. The van der Waals surface area contributed by atoms with Crippen molar-refractivity contribution < 1.29 is 14.7 Å². The maximum Gasteiger partial charge on any atom is 0.336 e. The maximum absolute atomic E-state index is 12.3. The quantitative estimate of drug-likeness (QED) is 0.360. The molecule has 3 N–H and O–H groups in total. The highest BCUT2D eigenvalue weighted by Gasteiger charge is 2.11. The van der Waals surface area contributed by atoms with Crippen molar-refractivity contribution in [1.82, 2.24) is 15.6 Å². The van der Waals surface area contributed by atoms with Crippen molar-refractivity contribution in [2.75, 3.05) is 0 Å². The average Bonchev–Trinajstić information content (AvgIpc) is 3.24. The van der Waals surface area contributed by atoms with E-state index in [1.54, 1.807) is 24.3 Å². The minimum absolute atomic E-state index is 0.102. The molecule has 3 aromatic carbocycles. The maximum atomic E-state index is 12.3. The molecular formula is C22H16N4O3. The zero-order valence-corrected chi connectivity index (χ0v) is 15.2. The monoisotopic (exact) mass is 384 g/mol. The van der Waals surface area contributed by atoms with Gasteiger partial charge < -0.3 is 5.11 Å². The zero-order chi connectivity index (χ0) is 20.2. The number of nitrogens with one attached hydrogen (secondary N) is 2. The van der Waals surface area contributed by atoms with Crippen LogP contribution in [0, 0.1) is 0 Å². The molecular weight excluding hydrogens is 368 g/mol. The number of rotatable bonds is 5. The van der Waals surface area contributed by atoms with Gasteiger partial charge >= 0.3 is 5.97 Å². The van der Waals surface area contributed by atoms with Gasteiger partial charge in [-0.2, -0.15) is 10.2 Å². The summed E-state index contributed by atoms with van der Waals surface area (Å²) >= 11 is 0. The number of aromatic amines is 1. The molecule has 4 aromatic rings. The van der Waals surface area contributed by atoms with Crippen LogP contribution in [0.5, 0.6) is 0 Å². The number of carbonyl (C=O) groups is 2. The summed E-state index contributed by atoms with van der Waals surface area (Å²) in [6, 6.07) is 22.0. The molecule has 1 amide bonds. The van der Waals surface area contributed by atoms with E-state index in [4.69, 9.17) is 5.11 Å². The zero-order valence-electron chi connectivity index (χ0n) is 15.2. The number of aromatic nitrogens is 2. The number of H-pyrrole nitrogens is 1. The molecule has 0 bridgehead atoms. The minimum atomic E-state index is -1.06. The summed E-state index contributed by atoms with van der Waals surface area (Å²) in [6.07, 6.45) is 1.29. The van der Waals surface area contributed by atoms with Gasteiger partial charge in [0.15, 0.2) is 0 Å². The van der Waals surface area contributed by atoms with Crippen molar-refractivity contribution in [3.8, 4) is 11.3 Å². The van der Waals surface area contributed by atoms with E-state index in [9.17, 15) is 9.59 Å². The van der Waals surface area contributed by atoms with Crippen molar-refractivity contribution in [3.05, 3.63) is 89.6 Å². The van der Waals surface area contributed by atoms with Gasteiger partial charge in [-0.3, -0.25) is 9.89 Å². The highest BCUT2D eigenvalue weighted by atomic mass is 16.4. The Morgan fingerprint density at radius 3 is 2.55 bits per heavy atom. The minimum Gasteiger partial charge on any atom is -0.478 e. The first-order valence-electron chi connectivity index (χ1n) is 8.82. The van der Waals surface area contributed by atoms with Crippen LogP contribution in [0.4, 0.5) is 0 Å². The lowest BCUT2D eigenvalue weighted by Crippen LogP contribution is -2.18. The second-order valence-electron chi connectivity index (χ2n) is 6.32. The second-order valence-corrected chi connectivity index (χ2v) is 6.32. The molecule has 7 heteroatoms. The van der Waals surface area contributed by atoms with E-state index in [0.29, 0.717) is 11.3 Å². The normalized spacial score (nSPS) is 11.0. The number of benzene rings is 3. The molecule has 0 radical (unpaired) electrons. The van der Waals surface area contributed by atoms with Gasteiger partial charge in [0.05, 0.1) is 17.5 Å². The van der Waals surface area contributed by atoms with Crippen molar-refractivity contribution in [3.63, 3.8) is 0 Å². The van der Waals surface area contributed by atoms with Gasteiger partial charge in [-0.05, 0) is 29.0 Å². The van der Waals surface area contributed by atoms with E-state index < -0.39 is 11.9 Å². The predicted octanol–water partition coefficient (Wildman–Crippen LogP) is 3.69. The number of amides is 1. The van der Waals surface area contributed by atoms with E-state index >= 15 is 0 Å². The molecule has 0 atom stereocenters. The van der Waals surface area contributed by atoms with E-state index in [2.05, 4.69) is 20.7 Å². The number of hydrazone groups is 1. The highest BCUT2D eigenvalue weighted by Crippen LogP contribution is 2.23. The van der Waals surface area contributed by atoms with Crippen molar-refractivity contribution in [2.24, 2.45) is 5.10 Å². The number of carboxylic acid groups (broad SMARTS) is 1. The first kappa shape index (κ1) is 18.1. The van der Waals surface area contributed by atoms with Crippen LogP contribution in [0.1, 0.15) is 26.4 Å². The number of hydrogen-bond donors (Lipinski definition) is 3. The fourth-order valence-electron chi connectivity index (χ4n) is 2.96. The molecule has 0 fully saturated rings. The molecule has 1 heterocycles. The van der Waals surface area contributed by atoms with Crippen molar-refractivity contribution in [2.45, 2.75) is 0 Å². The van der Waals surface area contributed by atoms with E-state index in [1.807, 2.05) is 42.5 Å². The third-order valence-corrected chi connectivity index (χ3v) is 4.43. The molecule has 0 saturated carbocycles. The van der Waals surface area contributed by atoms with Gasteiger partial charge in [0.2, 0.25) is 0 Å². The smallest absolute Gasteiger partial charge is 0.336 e. The highest BCUT2D eigenvalue weighted by molar-refractivity contribution is 5.99. The van der Waals surface area contributed by atoms with Crippen molar-refractivity contribution >= 4 is 28.9 Å². The average molecular weight is 384 g/mol. The van der Waals surface area contributed by atoms with Gasteiger partial charge in [-0.15, -0.1) is 0 Å². The Hall–Kier alpha value is -4.26. The van der Waals surface area contributed by atoms with E-state index in [-0.39, 0.29) is 11.3 Å². The first-order chi connectivity index (χ1) is 14.1. The molecule has 142 valence electrons. The molecule has 0 aliphatic carbocycles. The van der Waals surface area contributed by atoms with Gasteiger partial charge in [0.1, 0.15) is 5.69 Å². The lowest BCUT2D eigenvalue weighted by atomic mass is 10.1. The van der Waals surface area contributed by atoms with Gasteiger partial charge in [-0.1, -0.05) is 54.6 Å². The Bertz CT molecular complexity index is 1240. The summed E-state index contributed by atoms with van der Waals surface area (Å²) in [5.41, 5.74) is 4.64. The van der Waals surface area contributed by atoms with Crippen LogP contribution >= 0.6 is 0 Å². The van der Waals surface area contributed by atoms with Crippen LogP contribution in [0.3, 0.4) is 0 Å². The molecule has 0 unspecified atom stereocenters. The van der Waals surface area contributed by atoms with Crippen LogP contribution in [0.25, 0.3) is 22.0 Å². The Balaban J connectivity index is 1.49. The summed E-state index contributed by atoms with van der Waals surface area (Å²) in [4.78, 5) is 23.5. The number of aromatic carboxylic acids is 1. The Kier molecular flexibility index (Phi) is 4.86. The summed E-state index contributed by atoms with van der Waals surface area (Å²) in [6.45, 7) is 0. The Labute approximate surface area is 165 Å². The lowest BCUT2D eigenvalue weighted by Gasteiger charge is -2.00. The van der Waals surface area contributed by atoms with Crippen LogP contribution in [-0.4, -0.2) is 33.4 Å². The molecule has 7 nitrogen and oxygen atoms in total. The fraction of sp³-hybridized carbons (Fsp3) is 0. The molecule has 0 spiro atoms. The third kappa shape index (κ3) is 3.89. The predicted molar refractivity (Wildman–Crippen MR) is 110 cm³/mol. The Morgan fingerprint density at radius 1 is 0.966 bits per heavy atom. The second kappa shape index (κ2) is 7.77. The summed E-state index contributed by atoms with van der Waals surface area (Å²) < 4.78 is 0. The van der Waals surface area contributed by atoms with Crippen LogP contribution in [-0.2, 0) is 0 Å². The standard InChI is InChI=1S/C22H16N4O3/c27-21(26-23-13-17-7-3-4-8-18(17)22(28)29)20-12-19(24-25-20)16-10-9-14-5-1-2-6-15(14)11-16/h1-13H,(H,24,25)(H,26,27)(H,28,29)/b23-13-. The topological polar surface area (TPSA) is 107 Å².